The lowest BCUT2D eigenvalue weighted by molar-refractivity contribution is 0.0991. The van der Waals surface area contributed by atoms with Crippen LogP contribution in [0.3, 0.4) is 0 Å². The van der Waals surface area contributed by atoms with E-state index in [1.54, 1.807) is 29.2 Å². The lowest BCUT2D eigenvalue weighted by Crippen LogP contribution is -2.33. The number of halogens is 1. The number of ketones is 1. The maximum Gasteiger partial charge on any atom is 0.170 e. The summed E-state index contributed by atoms with van der Waals surface area (Å²) >= 11 is 5.95. The molecule has 0 aliphatic heterocycles. The number of hydrogen-bond donors (Lipinski definition) is 1. The fourth-order valence-corrected chi connectivity index (χ4v) is 4.27. The lowest BCUT2D eigenvalue weighted by atomic mass is 9.72. The first kappa shape index (κ1) is 21.2. The molecule has 0 unspecified atom stereocenters. The van der Waals surface area contributed by atoms with Crippen LogP contribution in [0.4, 0.5) is 0 Å². The largest absolute Gasteiger partial charge is 0.393 e. The van der Waals surface area contributed by atoms with E-state index in [-0.39, 0.29) is 18.3 Å². The third-order valence-corrected chi connectivity index (χ3v) is 6.34. The van der Waals surface area contributed by atoms with E-state index in [9.17, 15) is 15.2 Å². The number of carbonyl (C=O) groups is 1. The van der Waals surface area contributed by atoms with Crippen molar-refractivity contribution in [2.75, 3.05) is 0 Å². The fraction of sp³-hybridized carbons (Fsp3) is 0.333. The molecule has 158 valence electrons. The predicted octanol–water partition coefficient (Wildman–Crippen LogP) is 4.35. The number of carbonyl (C=O) groups excluding carboxylic acids is 1. The zero-order chi connectivity index (χ0) is 22.0. The molecule has 2 heterocycles. The Labute approximate surface area is 186 Å². The Balaban J connectivity index is 1.49. The van der Waals surface area contributed by atoms with E-state index in [2.05, 4.69) is 16.2 Å². The van der Waals surface area contributed by atoms with Crippen molar-refractivity contribution in [2.45, 2.75) is 50.5 Å². The highest BCUT2D eigenvalue weighted by Crippen LogP contribution is 2.38. The maximum atomic E-state index is 12.9. The predicted molar refractivity (Wildman–Crippen MR) is 117 cm³/mol. The molecule has 0 bridgehead atoms. The Morgan fingerprint density at radius 2 is 1.94 bits per heavy atom. The second-order valence-corrected chi connectivity index (χ2v) is 8.55. The van der Waals surface area contributed by atoms with Gasteiger partial charge in [0.05, 0.1) is 46.4 Å². The zero-order valence-electron chi connectivity index (χ0n) is 17.3. The third kappa shape index (κ3) is 4.25. The van der Waals surface area contributed by atoms with Crippen molar-refractivity contribution in [3.8, 4) is 11.8 Å². The van der Waals surface area contributed by atoms with Crippen molar-refractivity contribution in [2.24, 2.45) is 0 Å². The van der Waals surface area contributed by atoms with Crippen molar-refractivity contribution < 1.29 is 9.90 Å². The summed E-state index contributed by atoms with van der Waals surface area (Å²) < 4.78 is 1.72. The van der Waals surface area contributed by atoms with Crippen LogP contribution in [0.2, 0.25) is 5.02 Å². The normalized spacial score (nSPS) is 20.9. The van der Waals surface area contributed by atoms with Gasteiger partial charge in [0, 0.05) is 17.6 Å². The van der Waals surface area contributed by atoms with E-state index in [1.165, 1.54) is 0 Å². The van der Waals surface area contributed by atoms with Gasteiger partial charge >= 0.3 is 0 Å². The number of aromatic nitrogens is 3. The van der Waals surface area contributed by atoms with Crippen molar-refractivity contribution >= 4 is 17.4 Å². The molecule has 0 radical (unpaired) electrons. The van der Waals surface area contributed by atoms with Crippen LogP contribution in [0.5, 0.6) is 0 Å². The Morgan fingerprint density at radius 1 is 1.23 bits per heavy atom. The van der Waals surface area contributed by atoms with E-state index < -0.39 is 5.41 Å². The average Bonchev–Trinajstić information content (AvgIpc) is 3.17. The number of aliphatic hydroxyl groups is 1. The molecular formula is C24H23ClN4O2. The maximum absolute atomic E-state index is 12.9. The monoisotopic (exact) mass is 434 g/mol. The van der Waals surface area contributed by atoms with Gasteiger partial charge in [-0.1, -0.05) is 17.7 Å². The highest BCUT2D eigenvalue weighted by Gasteiger charge is 2.37. The highest BCUT2D eigenvalue weighted by molar-refractivity contribution is 6.30. The lowest BCUT2D eigenvalue weighted by Gasteiger charge is -2.32. The molecule has 0 amide bonds. The molecule has 1 aliphatic rings. The Bertz CT molecular complexity index is 1120. The van der Waals surface area contributed by atoms with E-state index >= 15 is 0 Å². The summed E-state index contributed by atoms with van der Waals surface area (Å²) in [6.45, 7) is 1.87. The summed E-state index contributed by atoms with van der Waals surface area (Å²) in [6, 6.07) is 13.4. The number of hydrogen-bond acceptors (Lipinski definition) is 5. The van der Waals surface area contributed by atoms with Crippen LogP contribution < -0.4 is 0 Å². The second-order valence-electron chi connectivity index (χ2n) is 8.11. The number of aliphatic hydroxyl groups excluding tert-OH is 1. The molecule has 1 aromatic carbocycles. The molecule has 31 heavy (non-hydrogen) atoms. The summed E-state index contributed by atoms with van der Waals surface area (Å²) in [4.78, 5) is 17.4. The molecule has 7 heteroatoms. The van der Waals surface area contributed by atoms with Crippen LogP contribution in [0.15, 0.2) is 48.8 Å². The number of benzene rings is 1. The number of nitrogens with zero attached hydrogens (tertiary/aromatic N) is 4. The van der Waals surface area contributed by atoms with Crippen LogP contribution >= 0.6 is 11.6 Å². The molecular weight excluding hydrogens is 412 g/mol. The molecule has 1 N–H and O–H groups in total. The van der Waals surface area contributed by atoms with Gasteiger partial charge in [-0.3, -0.25) is 9.78 Å². The van der Waals surface area contributed by atoms with Gasteiger partial charge in [-0.15, -0.1) is 0 Å². The molecule has 0 spiro atoms. The molecule has 4 rings (SSSR count). The molecule has 3 aromatic rings. The summed E-state index contributed by atoms with van der Waals surface area (Å²) in [6.07, 6.45) is 5.54. The zero-order valence-corrected chi connectivity index (χ0v) is 18.0. The minimum atomic E-state index is -0.655. The minimum absolute atomic E-state index is 0.0388. The summed E-state index contributed by atoms with van der Waals surface area (Å²) in [5.74, 6) is -0.0388. The molecule has 6 nitrogen and oxygen atoms in total. The van der Waals surface area contributed by atoms with E-state index in [1.807, 2.05) is 31.2 Å². The van der Waals surface area contributed by atoms with Crippen LogP contribution in [-0.4, -0.2) is 31.8 Å². The molecule has 1 aliphatic carbocycles. The van der Waals surface area contributed by atoms with Gasteiger partial charge in [-0.25, -0.2) is 4.68 Å². The summed E-state index contributed by atoms with van der Waals surface area (Å²) in [7, 11) is 0. The van der Waals surface area contributed by atoms with Gasteiger partial charge in [0.2, 0.25) is 0 Å². The number of Topliss-reactive ketones (excluding diaryl/α,β-unsaturated/α-hetero) is 1. The van der Waals surface area contributed by atoms with Crippen molar-refractivity contribution in [3.63, 3.8) is 0 Å². The van der Waals surface area contributed by atoms with E-state index in [0.717, 1.165) is 16.9 Å². The standard InChI is InChI=1S/C24H23ClN4O2/c1-16-21(14-28-29(16)19-5-3-18(25)4-6-19)22(31)12-17-2-7-23(27-13-17)24(15-26)10-8-20(30)9-11-24/h2-7,13-14,20,30H,8-12H2,1H3. The Hall–Kier alpha value is -3.01. The minimum Gasteiger partial charge on any atom is -0.393 e. The third-order valence-electron chi connectivity index (χ3n) is 6.08. The average molecular weight is 435 g/mol. The van der Waals surface area contributed by atoms with Crippen LogP contribution in [0.1, 0.15) is 53.0 Å². The number of pyridine rings is 1. The van der Waals surface area contributed by atoms with Crippen LogP contribution in [0.25, 0.3) is 5.69 Å². The van der Waals surface area contributed by atoms with Gasteiger partial charge in [0.25, 0.3) is 0 Å². The second kappa shape index (κ2) is 8.62. The molecule has 0 saturated heterocycles. The first-order valence-corrected chi connectivity index (χ1v) is 10.7. The van der Waals surface area contributed by atoms with Gasteiger partial charge in [0.15, 0.2) is 5.78 Å². The van der Waals surface area contributed by atoms with Crippen molar-refractivity contribution in [3.05, 3.63) is 76.3 Å². The Morgan fingerprint density at radius 3 is 2.55 bits per heavy atom. The van der Waals surface area contributed by atoms with Crippen LogP contribution in [-0.2, 0) is 11.8 Å². The quantitative estimate of drug-likeness (QED) is 0.602. The summed E-state index contributed by atoms with van der Waals surface area (Å²) in [5.41, 5.74) is 3.01. The van der Waals surface area contributed by atoms with E-state index in [4.69, 9.17) is 11.6 Å². The van der Waals surface area contributed by atoms with Gasteiger partial charge in [-0.2, -0.15) is 10.4 Å². The van der Waals surface area contributed by atoms with E-state index in [0.29, 0.717) is 42.0 Å². The summed E-state index contributed by atoms with van der Waals surface area (Å²) in [5, 5.41) is 24.5. The molecule has 1 fully saturated rings. The molecule has 2 aromatic heterocycles. The highest BCUT2D eigenvalue weighted by atomic mass is 35.5. The molecule has 0 atom stereocenters. The smallest absolute Gasteiger partial charge is 0.170 e. The first-order valence-electron chi connectivity index (χ1n) is 10.3. The molecule has 1 saturated carbocycles. The van der Waals surface area contributed by atoms with Crippen LogP contribution in [0, 0.1) is 18.3 Å². The fourth-order valence-electron chi connectivity index (χ4n) is 4.14. The van der Waals surface area contributed by atoms with Gasteiger partial charge in [-0.05, 0) is 68.5 Å². The number of nitriles is 1. The van der Waals surface area contributed by atoms with Crippen molar-refractivity contribution in [1.29, 1.82) is 5.26 Å². The topological polar surface area (TPSA) is 91.8 Å². The Kier molecular flexibility index (Phi) is 5.90. The SMILES string of the molecule is Cc1c(C(=O)Cc2ccc(C3(C#N)CCC(O)CC3)nc2)cnn1-c1ccc(Cl)cc1. The van der Waals surface area contributed by atoms with Gasteiger partial charge in [0.1, 0.15) is 0 Å². The number of rotatable bonds is 5. The van der Waals surface area contributed by atoms with Gasteiger partial charge < -0.3 is 5.11 Å². The van der Waals surface area contributed by atoms with Crippen molar-refractivity contribution in [1.82, 2.24) is 14.8 Å². The first-order chi connectivity index (χ1) is 14.9.